The van der Waals surface area contributed by atoms with Crippen LogP contribution >= 0.6 is 0 Å². The third-order valence-electron chi connectivity index (χ3n) is 4.64. The van der Waals surface area contributed by atoms with Crippen molar-refractivity contribution in [3.05, 3.63) is 88.8 Å². The minimum atomic E-state index is -0.519. The summed E-state index contributed by atoms with van der Waals surface area (Å²) in [6.07, 6.45) is 0. The number of hydrogen-bond acceptors (Lipinski definition) is 6. The van der Waals surface area contributed by atoms with E-state index in [1.54, 1.807) is 80.9 Å². The Morgan fingerprint density at radius 1 is 0.767 bits per heavy atom. The summed E-state index contributed by atoms with van der Waals surface area (Å²) in [5.41, 5.74) is 1.39. The Balaban J connectivity index is 1.61. The summed E-state index contributed by atoms with van der Waals surface area (Å²) >= 11 is 0. The van der Waals surface area contributed by atoms with Crippen molar-refractivity contribution in [2.45, 2.75) is 0 Å². The highest BCUT2D eigenvalue weighted by atomic mass is 16.5. The van der Waals surface area contributed by atoms with Crippen molar-refractivity contribution < 1.29 is 23.4 Å². The van der Waals surface area contributed by atoms with Crippen molar-refractivity contribution in [2.24, 2.45) is 0 Å². The molecule has 0 aliphatic heterocycles. The number of carbonyl (C=O) groups is 1. The van der Waals surface area contributed by atoms with Crippen LogP contribution in [0.3, 0.4) is 0 Å². The van der Waals surface area contributed by atoms with Crippen LogP contribution < -0.4 is 19.8 Å². The van der Waals surface area contributed by atoms with E-state index in [1.807, 2.05) is 0 Å². The Bertz CT molecular complexity index is 1250. The van der Waals surface area contributed by atoms with E-state index >= 15 is 0 Å². The fourth-order valence-electron chi connectivity index (χ4n) is 3.02. The molecule has 0 amide bonds. The molecule has 0 bridgehead atoms. The summed E-state index contributed by atoms with van der Waals surface area (Å²) in [7, 11) is 3.13. The molecule has 0 saturated carbocycles. The smallest absolute Gasteiger partial charge is 0.344 e. The number of hydrogen-bond donors (Lipinski definition) is 0. The van der Waals surface area contributed by atoms with Crippen molar-refractivity contribution in [1.29, 1.82) is 0 Å². The van der Waals surface area contributed by atoms with E-state index in [0.29, 0.717) is 33.6 Å². The molecule has 150 valence electrons. The molecule has 0 fully saturated rings. The highest BCUT2D eigenvalue weighted by molar-refractivity contribution is 5.92. The van der Waals surface area contributed by atoms with Gasteiger partial charge in [0.1, 0.15) is 22.8 Å². The highest BCUT2D eigenvalue weighted by Crippen LogP contribution is 2.26. The van der Waals surface area contributed by atoms with Gasteiger partial charge < -0.3 is 18.6 Å². The predicted octanol–water partition coefficient (Wildman–Crippen LogP) is 4.70. The molecule has 0 N–H and O–H groups in total. The summed E-state index contributed by atoms with van der Waals surface area (Å²) < 4.78 is 21.1. The van der Waals surface area contributed by atoms with Crippen LogP contribution in [0.2, 0.25) is 0 Å². The first-order chi connectivity index (χ1) is 14.6. The number of fused-ring (bicyclic) bond motifs is 1. The van der Waals surface area contributed by atoms with E-state index in [9.17, 15) is 9.59 Å². The average Bonchev–Trinajstić information content (AvgIpc) is 2.78. The van der Waals surface area contributed by atoms with Gasteiger partial charge in [-0.2, -0.15) is 0 Å². The summed E-state index contributed by atoms with van der Waals surface area (Å²) in [5.74, 6) is 1.11. The van der Waals surface area contributed by atoms with Crippen LogP contribution in [0.4, 0.5) is 0 Å². The Kier molecular flexibility index (Phi) is 5.22. The molecular formula is C24H18O6. The predicted molar refractivity (Wildman–Crippen MR) is 112 cm³/mol. The summed E-state index contributed by atoms with van der Waals surface area (Å²) in [6, 6.07) is 20.4. The Morgan fingerprint density at radius 2 is 1.37 bits per heavy atom. The number of benzene rings is 3. The van der Waals surface area contributed by atoms with Crippen molar-refractivity contribution >= 4 is 16.9 Å². The van der Waals surface area contributed by atoms with E-state index in [4.69, 9.17) is 18.6 Å². The zero-order chi connectivity index (χ0) is 21.1. The van der Waals surface area contributed by atoms with Gasteiger partial charge in [0.05, 0.1) is 25.3 Å². The van der Waals surface area contributed by atoms with Gasteiger partial charge in [0, 0.05) is 11.5 Å². The molecular weight excluding hydrogens is 384 g/mol. The number of carbonyl (C=O) groups excluding carboxylic acids is 1. The normalized spacial score (nSPS) is 10.6. The zero-order valence-electron chi connectivity index (χ0n) is 16.4. The largest absolute Gasteiger partial charge is 0.497 e. The molecule has 4 rings (SSSR count). The van der Waals surface area contributed by atoms with Crippen molar-refractivity contribution in [3.8, 4) is 28.4 Å². The first-order valence-electron chi connectivity index (χ1n) is 9.16. The van der Waals surface area contributed by atoms with Crippen LogP contribution in [0.1, 0.15) is 10.4 Å². The third kappa shape index (κ3) is 3.89. The lowest BCUT2D eigenvalue weighted by atomic mass is 10.1. The van der Waals surface area contributed by atoms with E-state index in [0.717, 1.165) is 5.56 Å². The average molecular weight is 402 g/mol. The summed E-state index contributed by atoms with van der Waals surface area (Å²) in [5, 5.41) is 0.713. The van der Waals surface area contributed by atoms with Crippen LogP contribution in [-0.2, 0) is 0 Å². The van der Waals surface area contributed by atoms with E-state index in [2.05, 4.69) is 0 Å². The Morgan fingerprint density at radius 3 is 2.00 bits per heavy atom. The van der Waals surface area contributed by atoms with Gasteiger partial charge in [0.25, 0.3) is 0 Å². The Hall–Kier alpha value is -4.06. The number of ether oxygens (including phenoxy) is 3. The van der Waals surface area contributed by atoms with Crippen LogP contribution in [0.15, 0.2) is 82.0 Å². The van der Waals surface area contributed by atoms with Crippen molar-refractivity contribution in [3.63, 3.8) is 0 Å². The first kappa shape index (κ1) is 19.3. The molecule has 0 unspecified atom stereocenters. The number of rotatable bonds is 5. The number of methoxy groups -OCH3 is 2. The first-order valence-corrected chi connectivity index (χ1v) is 9.16. The second-order valence-electron chi connectivity index (χ2n) is 6.49. The van der Waals surface area contributed by atoms with Gasteiger partial charge >= 0.3 is 11.6 Å². The lowest BCUT2D eigenvalue weighted by Crippen LogP contribution is -2.08. The van der Waals surface area contributed by atoms with Gasteiger partial charge in [0.15, 0.2) is 0 Å². The minimum Gasteiger partial charge on any atom is -0.497 e. The van der Waals surface area contributed by atoms with Crippen LogP contribution in [-0.4, -0.2) is 20.2 Å². The molecule has 1 aromatic heterocycles. The van der Waals surface area contributed by atoms with Crippen LogP contribution in [0, 0.1) is 0 Å². The molecule has 0 aliphatic rings. The quantitative estimate of drug-likeness (QED) is 0.274. The second kappa shape index (κ2) is 8.13. The van der Waals surface area contributed by atoms with Crippen molar-refractivity contribution in [1.82, 2.24) is 0 Å². The molecule has 4 aromatic rings. The zero-order valence-corrected chi connectivity index (χ0v) is 16.4. The second-order valence-corrected chi connectivity index (χ2v) is 6.49. The molecule has 6 nitrogen and oxygen atoms in total. The molecule has 0 aliphatic carbocycles. The third-order valence-corrected chi connectivity index (χ3v) is 4.64. The maximum Gasteiger partial charge on any atom is 0.344 e. The van der Waals surface area contributed by atoms with E-state index in [1.165, 1.54) is 6.07 Å². The maximum atomic E-state index is 12.5. The minimum absolute atomic E-state index is 0.281. The molecule has 3 aromatic carbocycles. The van der Waals surface area contributed by atoms with Gasteiger partial charge in [0.2, 0.25) is 0 Å². The SMILES string of the molecule is COc1ccc(C(=O)Oc2ccc3cc(-c4ccc(OC)cc4)c(=O)oc3c2)cc1. The van der Waals surface area contributed by atoms with E-state index < -0.39 is 11.6 Å². The van der Waals surface area contributed by atoms with Crippen LogP contribution in [0.5, 0.6) is 17.2 Å². The fraction of sp³-hybridized carbons (Fsp3) is 0.0833. The van der Waals surface area contributed by atoms with Crippen molar-refractivity contribution in [2.75, 3.05) is 14.2 Å². The summed E-state index contributed by atoms with van der Waals surface area (Å²) in [6.45, 7) is 0. The molecule has 30 heavy (non-hydrogen) atoms. The topological polar surface area (TPSA) is 75.0 Å². The van der Waals surface area contributed by atoms with Gasteiger partial charge in [-0.05, 0) is 60.2 Å². The van der Waals surface area contributed by atoms with E-state index in [-0.39, 0.29) is 5.75 Å². The highest BCUT2D eigenvalue weighted by Gasteiger charge is 2.12. The van der Waals surface area contributed by atoms with Crippen LogP contribution in [0.25, 0.3) is 22.1 Å². The van der Waals surface area contributed by atoms with Gasteiger partial charge in [-0.1, -0.05) is 12.1 Å². The molecule has 0 radical (unpaired) electrons. The lowest BCUT2D eigenvalue weighted by molar-refractivity contribution is 0.0735. The van der Waals surface area contributed by atoms with Gasteiger partial charge in [-0.15, -0.1) is 0 Å². The maximum absolute atomic E-state index is 12.5. The van der Waals surface area contributed by atoms with Gasteiger partial charge in [-0.25, -0.2) is 9.59 Å². The Labute approximate surface area is 172 Å². The lowest BCUT2D eigenvalue weighted by Gasteiger charge is -2.07. The standard InChI is InChI=1S/C24H18O6/c1-27-18-8-3-15(4-9-18)21-13-17-7-12-20(14-22(17)30-24(21)26)29-23(25)16-5-10-19(28-2)11-6-16/h3-14H,1-2H3. The summed E-state index contributed by atoms with van der Waals surface area (Å²) in [4.78, 5) is 24.8. The monoisotopic (exact) mass is 402 g/mol. The number of esters is 1. The fourth-order valence-corrected chi connectivity index (χ4v) is 3.02. The van der Waals surface area contributed by atoms with Gasteiger partial charge in [-0.3, -0.25) is 0 Å². The molecule has 1 heterocycles. The molecule has 6 heteroatoms. The molecule has 0 saturated heterocycles. The molecule has 0 atom stereocenters. The molecule has 0 spiro atoms.